The van der Waals surface area contributed by atoms with Crippen molar-refractivity contribution >= 4 is 17.2 Å². The number of carbonyl (C=O) groups is 1. The molecule has 0 saturated carbocycles. The van der Waals surface area contributed by atoms with Gasteiger partial charge in [-0.2, -0.15) is 0 Å². The molecule has 0 fully saturated rings. The fourth-order valence-corrected chi connectivity index (χ4v) is 4.64. The predicted octanol–water partition coefficient (Wildman–Crippen LogP) is 6.87. The third-order valence-electron chi connectivity index (χ3n) is 6.65. The summed E-state index contributed by atoms with van der Waals surface area (Å²) in [4.78, 5) is 18.0. The van der Waals surface area contributed by atoms with E-state index in [0.29, 0.717) is 30.0 Å². The molecule has 2 aromatic heterocycles. The van der Waals surface area contributed by atoms with Crippen LogP contribution in [0.2, 0.25) is 0 Å². The van der Waals surface area contributed by atoms with Crippen molar-refractivity contribution in [2.45, 2.75) is 26.7 Å². The van der Waals surface area contributed by atoms with Gasteiger partial charge in [-0.25, -0.2) is 4.98 Å². The van der Waals surface area contributed by atoms with Gasteiger partial charge in [0.15, 0.2) is 11.5 Å². The highest BCUT2D eigenvalue weighted by atomic mass is 16.5. The van der Waals surface area contributed by atoms with Crippen LogP contribution in [0.25, 0.3) is 28.0 Å². The van der Waals surface area contributed by atoms with Gasteiger partial charge in [0.1, 0.15) is 5.65 Å². The topological polar surface area (TPSA) is 64.9 Å². The zero-order chi connectivity index (χ0) is 26.6. The number of fused-ring (bicyclic) bond motifs is 1. The lowest BCUT2D eigenvalue weighted by Crippen LogP contribution is -2.13. The molecule has 0 unspecified atom stereocenters. The number of aryl methyl sites for hydroxylation is 3. The number of nitrogens with one attached hydrogen (secondary N) is 1. The fourth-order valence-electron chi connectivity index (χ4n) is 4.64. The second-order valence-corrected chi connectivity index (χ2v) is 9.41. The molecule has 0 bridgehead atoms. The molecule has 0 radical (unpaired) electrons. The molecule has 5 rings (SSSR count). The third kappa shape index (κ3) is 5.25. The van der Waals surface area contributed by atoms with E-state index < -0.39 is 0 Å². The number of methoxy groups -OCH3 is 2. The Morgan fingerprint density at radius 3 is 2.32 bits per heavy atom. The van der Waals surface area contributed by atoms with Crippen molar-refractivity contribution < 1.29 is 14.3 Å². The largest absolute Gasteiger partial charge is 0.493 e. The van der Waals surface area contributed by atoms with Gasteiger partial charge in [-0.05, 0) is 55.7 Å². The Balaban J connectivity index is 1.47. The molecule has 0 spiro atoms. The maximum atomic E-state index is 13.0. The second-order valence-electron chi connectivity index (χ2n) is 9.41. The highest BCUT2D eigenvalue weighted by Crippen LogP contribution is 2.31. The van der Waals surface area contributed by atoms with Crippen LogP contribution in [0.4, 0.5) is 5.69 Å². The minimum atomic E-state index is -0.0862. The van der Waals surface area contributed by atoms with Crippen LogP contribution in [-0.4, -0.2) is 29.5 Å². The molecule has 0 saturated heterocycles. The maximum absolute atomic E-state index is 13.0. The maximum Gasteiger partial charge on any atom is 0.224 e. The summed E-state index contributed by atoms with van der Waals surface area (Å²) in [6.07, 6.45) is 2.95. The summed E-state index contributed by atoms with van der Waals surface area (Å²) >= 11 is 0. The molecule has 192 valence electrons. The van der Waals surface area contributed by atoms with E-state index in [2.05, 4.69) is 84.4 Å². The number of hydrogen-bond donors (Lipinski definition) is 1. The Kier molecular flexibility index (Phi) is 7.13. The molecule has 3 aromatic carbocycles. The molecule has 38 heavy (non-hydrogen) atoms. The van der Waals surface area contributed by atoms with Crippen LogP contribution in [0.3, 0.4) is 0 Å². The number of nitrogens with zero attached hydrogens (tertiary/aromatic N) is 2. The molecular formula is C32H31N3O3. The molecular weight excluding hydrogens is 474 g/mol. The summed E-state index contributed by atoms with van der Waals surface area (Å²) in [6.45, 7) is 4.16. The first kappa shape index (κ1) is 25.1. The van der Waals surface area contributed by atoms with Crippen LogP contribution in [0.1, 0.15) is 23.2 Å². The van der Waals surface area contributed by atoms with Crippen molar-refractivity contribution in [3.63, 3.8) is 0 Å². The Hall–Kier alpha value is -4.58. The van der Waals surface area contributed by atoms with Crippen molar-refractivity contribution in [1.82, 2.24) is 9.38 Å². The number of ether oxygens (including phenoxy) is 2. The van der Waals surface area contributed by atoms with Gasteiger partial charge in [0, 0.05) is 29.9 Å². The van der Waals surface area contributed by atoms with Crippen molar-refractivity contribution in [2.24, 2.45) is 0 Å². The van der Waals surface area contributed by atoms with E-state index in [0.717, 1.165) is 33.7 Å². The minimum absolute atomic E-state index is 0.0862. The number of aromatic nitrogens is 2. The lowest BCUT2D eigenvalue weighted by molar-refractivity contribution is -0.116. The molecule has 6 nitrogen and oxygen atoms in total. The molecule has 6 heteroatoms. The third-order valence-corrected chi connectivity index (χ3v) is 6.65. The first-order valence-corrected chi connectivity index (χ1v) is 12.6. The fraction of sp³-hybridized carbons (Fsp3) is 0.188. The van der Waals surface area contributed by atoms with Gasteiger partial charge in [-0.3, -0.25) is 4.79 Å². The first-order chi connectivity index (χ1) is 18.4. The summed E-state index contributed by atoms with van der Waals surface area (Å²) in [5, 5.41) is 2.98. The van der Waals surface area contributed by atoms with Gasteiger partial charge in [-0.15, -0.1) is 0 Å². The smallest absolute Gasteiger partial charge is 0.224 e. The average molecular weight is 506 g/mol. The van der Waals surface area contributed by atoms with Gasteiger partial charge in [0.2, 0.25) is 5.91 Å². The predicted molar refractivity (Wildman–Crippen MR) is 152 cm³/mol. The van der Waals surface area contributed by atoms with E-state index in [1.807, 2.05) is 6.07 Å². The molecule has 0 atom stereocenters. The number of benzene rings is 3. The molecule has 1 amide bonds. The number of hydrogen-bond acceptors (Lipinski definition) is 4. The standard InChI is InChI=1S/C32H31N3O3/c1-21-8-10-23(11-9-21)32-27(14-17-31(36)33-26-13-15-28(37-3)29(19-26)38-4)35-20-25(12-16-30(35)34-32)24-7-5-6-22(2)18-24/h5-13,15-16,18-20H,14,17H2,1-4H3,(H,33,36). The Morgan fingerprint density at radius 2 is 1.58 bits per heavy atom. The second kappa shape index (κ2) is 10.8. The van der Waals surface area contributed by atoms with E-state index in [9.17, 15) is 4.79 Å². The van der Waals surface area contributed by atoms with E-state index in [4.69, 9.17) is 14.5 Å². The molecule has 0 aliphatic heterocycles. The lowest BCUT2D eigenvalue weighted by atomic mass is 10.0. The number of anilines is 1. The molecule has 1 N–H and O–H groups in total. The normalized spacial score (nSPS) is 10.9. The van der Waals surface area contributed by atoms with Crippen LogP contribution < -0.4 is 14.8 Å². The molecule has 0 aliphatic rings. The van der Waals surface area contributed by atoms with Crippen molar-refractivity contribution in [1.29, 1.82) is 0 Å². The minimum Gasteiger partial charge on any atom is -0.493 e. The van der Waals surface area contributed by atoms with Gasteiger partial charge in [0.25, 0.3) is 0 Å². The summed E-state index contributed by atoms with van der Waals surface area (Å²) in [6, 6.07) is 26.3. The number of imidazole rings is 1. The zero-order valence-electron chi connectivity index (χ0n) is 22.1. The van der Waals surface area contributed by atoms with E-state index in [1.54, 1.807) is 32.4 Å². The number of amides is 1. The highest BCUT2D eigenvalue weighted by Gasteiger charge is 2.17. The van der Waals surface area contributed by atoms with Crippen LogP contribution in [-0.2, 0) is 11.2 Å². The van der Waals surface area contributed by atoms with E-state index in [1.165, 1.54) is 11.1 Å². The van der Waals surface area contributed by atoms with Gasteiger partial charge in [0.05, 0.1) is 25.6 Å². The highest BCUT2D eigenvalue weighted by molar-refractivity contribution is 5.91. The van der Waals surface area contributed by atoms with Gasteiger partial charge < -0.3 is 19.2 Å². The molecule has 0 aliphatic carbocycles. The number of rotatable bonds is 8. The Bertz CT molecular complexity index is 1600. The summed E-state index contributed by atoms with van der Waals surface area (Å²) in [7, 11) is 3.16. The summed E-state index contributed by atoms with van der Waals surface area (Å²) < 4.78 is 12.8. The zero-order valence-corrected chi connectivity index (χ0v) is 22.1. The van der Waals surface area contributed by atoms with E-state index in [-0.39, 0.29) is 5.91 Å². The van der Waals surface area contributed by atoms with Gasteiger partial charge in [-0.1, -0.05) is 59.7 Å². The van der Waals surface area contributed by atoms with Gasteiger partial charge >= 0.3 is 0 Å². The number of pyridine rings is 1. The van der Waals surface area contributed by atoms with Crippen molar-refractivity contribution in [3.8, 4) is 33.9 Å². The molecule has 5 aromatic rings. The Labute approximate surface area is 222 Å². The molecule has 2 heterocycles. The van der Waals surface area contributed by atoms with Crippen molar-refractivity contribution in [2.75, 3.05) is 19.5 Å². The van der Waals surface area contributed by atoms with Crippen LogP contribution in [0, 0.1) is 13.8 Å². The van der Waals surface area contributed by atoms with Crippen LogP contribution >= 0.6 is 0 Å². The number of carbonyl (C=O) groups excluding carboxylic acids is 1. The van der Waals surface area contributed by atoms with Crippen LogP contribution in [0.15, 0.2) is 85.1 Å². The first-order valence-electron chi connectivity index (χ1n) is 12.6. The lowest BCUT2D eigenvalue weighted by Gasteiger charge is -2.11. The monoisotopic (exact) mass is 505 g/mol. The van der Waals surface area contributed by atoms with E-state index >= 15 is 0 Å². The SMILES string of the molecule is COc1ccc(NC(=O)CCc2c(-c3ccc(C)cc3)nc3ccc(-c4cccc(C)c4)cn23)cc1OC. The summed E-state index contributed by atoms with van der Waals surface area (Å²) in [5.74, 6) is 1.10. The van der Waals surface area contributed by atoms with Crippen molar-refractivity contribution in [3.05, 3.63) is 102 Å². The Morgan fingerprint density at radius 1 is 0.816 bits per heavy atom. The average Bonchev–Trinajstić information content (AvgIpc) is 3.30. The van der Waals surface area contributed by atoms with Crippen LogP contribution in [0.5, 0.6) is 11.5 Å². The quantitative estimate of drug-likeness (QED) is 0.250. The summed E-state index contributed by atoms with van der Waals surface area (Å²) in [5.41, 5.74) is 9.09.